The second-order valence-corrected chi connectivity index (χ2v) is 11.9. The lowest BCUT2D eigenvalue weighted by Crippen LogP contribution is -2.61. The number of nitrogen functional groups attached to an aromatic ring is 2. The minimum absolute atomic E-state index is 0.0859. The van der Waals surface area contributed by atoms with E-state index < -0.39 is 45.6 Å². The van der Waals surface area contributed by atoms with Crippen molar-refractivity contribution in [2.45, 2.75) is 24.9 Å². The van der Waals surface area contributed by atoms with Crippen LogP contribution in [0.25, 0.3) is 0 Å². The lowest BCUT2D eigenvalue weighted by Gasteiger charge is -2.33. The van der Waals surface area contributed by atoms with Crippen molar-refractivity contribution >= 4 is 50.8 Å². The number of sulfone groups is 1. The van der Waals surface area contributed by atoms with Gasteiger partial charge in [0.15, 0.2) is 0 Å². The number of ether oxygens (including phenoxy) is 1. The Morgan fingerprint density at radius 1 is 1.08 bits per heavy atom. The van der Waals surface area contributed by atoms with Crippen molar-refractivity contribution < 1.29 is 27.5 Å². The monoisotopic (exact) mass is 565 g/mol. The van der Waals surface area contributed by atoms with Gasteiger partial charge >= 0.3 is 6.09 Å². The van der Waals surface area contributed by atoms with Crippen LogP contribution < -0.4 is 27.4 Å². The largest absolute Gasteiger partial charge is 0.453 e. The molecule has 0 fully saturated rings. The maximum absolute atomic E-state index is 13.5. The van der Waals surface area contributed by atoms with Crippen molar-refractivity contribution in [2.24, 2.45) is 11.5 Å². The van der Waals surface area contributed by atoms with Crippen LogP contribution in [0.1, 0.15) is 27.3 Å². The van der Waals surface area contributed by atoms with Gasteiger partial charge in [-0.05, 0) is 30.2 Å². The summed E-state index contributed by atoms with van der Waals surface area (Å²) in [6.07, 6.45) is -0.462. The third kappa shape index (κ3) is 9.15. The molecule has 0 spiro atoms. The maximum Gasteiger partial charge on any atom is 0.407 e. The summed E-state index contributed by atoms with van der Waals surface area (Å²) < 4.78 is 28.6. The lowest BCUT2D eigenvalue weighted by atomic mass is 9.86. The van der Waals surface area contributed by atoms with Crippen molar-refractivity contribution in [3.8, 4) is 0 Å². The first kappa shape index (κ1) is 30.2. The highest BCUT2D eigenvalue weighted by atomic mass is 32.2. The molecular weight excluding hydrogens is 534 g/mol. The molecule has 15 heteroatoms. The van der Waals surface area contributed by atoms with E-state index in [0.29, 0.717) is 16.0 Å². The second-order valence-electron chi connectivity index (χ2n) is 8.51. The van der Waals surface area contributed by atoms with Gasteiger partial charge in [0.2, 0.25) is 11.8 Å². The van der Waals surface area contributed by atoms with E-state index in [1.54, 1.807) is 36.4 Å². The summed E-state index contributed by atoms with van der Waals surface area (Å²) in [5, 5.41) is 22.7. The smallest absolute Gasteiger partial charge is 0.407 e. The molecule has 9 N–H and O–H groups in total. The van der Waals surface area contributed by atoms with E-state index in [4.69, 9.17) is 22.3 Å². The molecule has 3 amide bonds. The molecule has 38 heavy (non-hydrogen) atoms. The van der Waals surface area contributed by atoms with Crippen molar-refractivity contribution in [2.75, 3.05) is 25.7 Å². The summed E-state index contributed by atoms with van der Waals surface area (Å²) in [5.41, 5.74) is 10.1. The zero-order valence-electron chi connectivity index (χ0n) is 20.9. The Morgan fingerprint density at radius 3 is 2.37 bits per heavy atom. The number of carbonyl (C=O) groups excluding carboxylic acids is 3. The number of carbonyl (C=O) groups is 3. The van der Waals surface area contributed by atoms with E-state index in [2.05, 4.69) is 20.7 Å². The van der Waals surface area contributed by atoms with Gasteiger partial charge < -0.3 is 32.2 Å². The van der Waals surface area contributed by atoms with Crippen LogP contribution in [0.2, 0.25) is 0 Å². The first-order chi connectivity index (χ1) is 17.7. The number of nitrogens with two attached hydrogens (primary N) is 2. The Hall–Kier alpha value is -3.98. The molecule has 0 aliphatic rings. The number of hydrogen-bond acceptors (Lipinski definition) is 9. The molecule has 0 unspecified atom stereocenters. The molecule has 0 aliphatic heterocycles. The predicted octanol–water partition coefficient (Wildman–Crippen LogP) is -0.179. The molecule has 0 radical (unpaired) electrons. The Morgan fingerprint density at radius 2 is 1.79 bits per heavy atom. The zero-order chi connectivity index (χ0) is 28.5. The third-order valence-corrected chi connectivity index (χ3v) is 7.47. The van der Waals surface area contributed by atoms with E-state index in [1.807, 2.05) is 0 Å². The number of rotatable bonds is 13. The van der Waals surface area contributed by atoms with E-state index in [1.165, 1.54) is 11.3 Å². The second kappa shape index (κ2) is 13.0. The number of methoxy groups -OCH3 is 1. The van der Waals surface area contributed by atoms with Gasteiger partial charge in [-0.3, -0.25) is 20.4 Å². The lowest BCUT2D eigenvalue weighted by molar-refractivity contribution is -0.130. The molecule has 2 rings (SSSR count). The van der Waals surface area contributed by atoms with Gasteiger partial charge in [0.25, 0.3) is 0 Å². The van der Waals surface area contributed by atoms with Gasteiger partial charge in [-0.1, -0.05) is 18.2 Å². The summed E-state index contributed by atoms with van der Waals surface area (Å²) >= 11 is 1.24. The van der Waals surface area contributed by atoms with Crippen LogP contribution in [0.4, 0.5) is 4.79 Å². The minimum atomic E-state index is -3.55. The van der Waals surface area contributed by atoms with Crippen molar-refractivity contribution in [3.05, 3.63) is 57.3 Å². The van der Waals surface area contributed by atoms with Crippen LogP contribution in [0.15, 0.2) is 36.4 Å². The molecule has 1 aromatic carbocycles. The quantitative estimate of drug-likeness (QED) is 0.127. The van der Waals surface area contributed by atoms with Gasteiger partial charge in [-0.25, -0.2) is 13.2 Å². The first-order valence-electron chi connectivity index (χ1n) is 11.2. The van der Waals surface area contributed by atoms with Crippen molar-refractivity contribution in [1.82, 2.24) is 16.0 Å². The fourth-order valence-electron chi connectivity index (χ4n) is 3.44. The van der Waals surface area contributed by atoms with E-state index in [-0.39, 0.29) is 31.1 Å². The summed E-state index contributed by atoms with van der Waals surface area (Å²) in [4.78, 5) is 39.4. The molecule has 1 atom stereocenters. The fraction of sp³-hybridized carbons (Fsp3) is 0.348. The number of nitrogens with one attached hydrogen (secondary N) is 5. The van der Waals surface area contributed by atoms with E-state index >= 15 is 0 Å². The average Bonchev–Trinajstić information content (AvgIpc) is 3.33. The molecule has 2 aromatic rings. The fourth-order valence-corrected chi connectivity index (χ4v) is 4.97. The van der Waals surface area contributed by atoms with Crippen LogP contribution in [-0.4, -0.2) is 69.2 Å². The van der Waals surface area contributed by atoms with Gasteiger partial charge in [-0.15, -0.1) is 11.3 Å². The summed E-state index contributed by atoms with van der Waals surface area (Å²) in [7, 11) is -2.45. The van der Waals surface area contributed by atoms with Gasteiger partial charge in [-0.2, -0.15) is 0 Å². The molecule has 0 saturated heterocycles. The molecule has 13 nitrogen and oxygen atoms in total. The Labute approximate surface area is 224 Å². The molecular formula is C23H31N7O6S2. The molecule has 0 saturated carbocycles. The highest BCUT2D eigenvalue weighted by Crippen LogP contribution is 2.21. The Balaban J connectivity index is 2.25. The van der Waals surface area contributed by atoms with Crippen LogP contribution in [0, 0.1) is 10.8 Å². The highest BCUT2D eigenvalue weighted by Gasteiger charge is 2.41. The van der Waals surface area contributed by atoms with E-state index in [0.717, 1.165) is 18.2 Å². The average molecular weight is 566 g/mol. The number of thiophene rings is 1. The number of hydrogen-bond donors (Lipinski definition) is 7. The number of amides is 3. The Kier molecular flexibility index (Phi) is 10.4. The summed E-state index contributed by atoms with van der Waals surface area (Å²) in [6, 6.07) is 9.76. The number of alkyl carbamates (subject to hydrolysis) is 1. The van der Waals surface area contributed by atoms with Crippen LogP contribution in [0.3, 0.4) is 0 Å². The zero-order valence-corrected chi connectivity index (χ0v) is 22.6. The van der Waals surface area contributed by atoms with Crippen LogP contribution in [-0.2, 0) is 37.1 Å². The van der Waals surface area contributed by atoms with Crippen LogP contribution >= 0.6 is 11.3 Å². The van der Waals surface area contributed by atoms with Gasteiger partial charge in [0, 0.05) is 23.1 Å². The minimum Gasteiger partial charge on any atom is -0.453 e. The maximum atomic E-state index is 13.5. The highest BCUT2D eigenvalue weighted by molar-refractivity contribution is 7.90. The van der Waals surface area contributed by atoms with Crippen LogP contribution in [0.5, 0.6) is 0 Å². The Bertz CT molecular complexity index is 1330. The van der Waals surface area contributed by atoms with E-state index in [9.17, 15) is 22.8 Å². The SMILES string of the molecule is COC(=O)N[C@](CCS(C)(=O)=O)(Cc1cccc(C(=N)N)c1)C(=O)NCC(=O)NCc1ccc(C(=N)N)s1. The molecule has 1 heterocycles. The molecule has 0 bridgehead atoms. The standard InChI is InChI=1S/C23H31N7O6S2/c1-36-22(33)30-23(8-9-38(2,34)35,11-14-4-3-5-15(10-14)19(24)25)21(32)29-13-18(31)28-12-16-6-7-17(37-16)20(26)27/h3-7,10H,8-9,11-13H2,1-2H3,(H3,24,25)(H3,26,27)(H,28,31)(H,29,32)(H,30,33)/t23-/m1/s1. The summed E-state index contributed by atoms with van der Waals surface area (Å²) in [6.45, 7) is -0.315. The molecule has 0 aliphatic carbocycles. The number of amidine groups is 2. The number of benzene rings is 1. The molecule has 1 aromatic heterocycles. The first-order valence-corrected chi connectivity index (χ1v) is 14.1. The van der Waals surface area contributed by atoms with Crippen molar-refractivity contribution in [1.29, 1.82) is 10.8 Å². The van der Waals surface area contributed by atoms with Gasteiger partial charge in [0.1, 0.15) is 27.0 Å². The van der Waals surface area contributed by atoms with Crippen molar-refractivity contribution in [3.63, 3.8) is 0 Å². The summed E-state index contributed by atoms with van der Waals surface area (Å²) in [5.74, 6) is -2.08. The normalized spacial score (nSPS) is 12.6. The third-order valence-electron chi connectivity index (χ3n) is 5.40. The predicted molar refractivity (Wildman–Crippen MR) is 144 cm³/mol. The van der Waals surface area contributed by atoms with Gasteiger partial charge in [0.05, 0.1) is 30.8 Å². The topological polar surface area (TPSA) is 230 Å². The molecule has 206 valence electrons.